The van der Waals surface area contributed by atoms with Crippen molar-refractivity contribution in [1.82, 2.24) is 4.90 Å². The van der Waals surface area contributed by atoms with Gasteiger partial charge in [0.1, 0.15) is 11.5 Å². The topological polar surface area (TPSA) is 53.0 Å². The summed E-state index contributed by atoms with van der Waals surface area (Å²) >= 11 is 0. The van der Waals surface area contributed by atoms with Crippen LogP contribution in [0.5, 0.6) is 11.5 Å². The molecule has 0 radical (unpaired) electrons. The fraction of sp³-hybridized carbons (Fsp3) is 0.292. The maximum Gasteiger partial charge on any atom is 0.229 e. The molecule has 5 heteroatoms. The van der Waals surface area contributed by atoms with Crippen LogP contribution in [0.15, 0.2) is 60.7 Å². The Balaban J connectivity index is 1.44. The van der Waals surface area contributed by atoms with E-state index < -0.39 is 0 Å². The second kappa shape index (κ2) is 8.03. The molecule has 0 spiro atoms. The van der Waals surface area contributed by atoms with Crippen molar-refractivity contribution in [2.45, 2.75) is 12.8 Å². The summed E-state index contributed by atoms with van der Waals surface area (Å²) in [6, 6.07) is 19.5. The molecular formula is C24H26N2O3. The number of phenols is 1. The number of phenolic OH excluding ortho intramolecular Hbond substituents is 1. The number of anilines is 1. The first-order chi connectivity index (χ1) is 14.1. The van der Waals surface area contributed by atoms with Gasteiger partial charge in [0.05, 0.1) is 18.7 Å². The van der Waals surface area contributed by atoms with Crippen LogP contribution in [0.25, 0.3) is 10.8 Å². The summed E-state index contributed by atoms with van der Waals surface area (Å²) in [5.41, 5.74) is 1.86. The Labute approximate surface area is 171 Å². The molecule has 0 saturated carbocycles. The summed E-state index contributed by atoms with van der Waals surface area (Å²) in [5, 5.41) is 12.3. The van der Waals surface area contributed by atoms with E-state index in [-0.39, 0.29) is 17.6 Å². The fourth-order valence-electron chi connectivity index (χ4n) is 3.95. The predicted molar refractivity (Wildman–Crippen MR) is 116 cm³/mol. The minimum absolute atomic E-state index is 0.148. The molecule has 0 bridgehead atoms. The van der Waals surface area contributed by atoms with Gasteiger partial charge in [0.2, 0.25) is 5.91 Å². The SMILES string of the molecule is COc1ccc2cc([C@H](C)C(=O)N3CCN(c4ccccc4O)CC3)ccc2c1. The van der Waals surface area contributed by atoms with Crippen molar-refractivity contribution < 1.29 is 14.6 Å². The molecule has 3 aromatic rings. The van der Waals surface area contributed by atoms with Crippen LogP contribution in [0.3, 0.4) is 0 Å². The van der Waals surface area contributed by atoms with Gasteiger partial charge in [-0.1, -0.05) is 36.4 Å². The Bertz CT molecular complexity index is 1030. The van der Waals surface area contributed by atoms with Gasteiger partial charge in [0.25, 0.3) is 0 Å². The Morgan fingerprint density at radius 1 is 0.966 bits per heavy atom. The zero-order chi connectivity index (χ0) is 20.4. The molecule has 150 valence electrons. The standard InChI is InChI=1S/C24H26N2O3/c1-17(18-7-8-20-16-21(29-2)10-9-19(20)15-18)24(28)26-13-11-25(12-14-26)22-5-3-4-6-23(22)27/h3-10,15-17,27H,11-14H2,1-2H3/t17-/m0/s1. The number of benzene rings is 3. The average molecular weight is 390 g/mol. The van der Waals surface area contributed by atoms with Crippen molar-refractivity contribution >= 4 is 22.4 Å². The second-order valence-electron chi connectivity index (χ2n) is 7.50. The summed E-state index contributed by atoms with van der Waals surface area (Å²) in [6.07, 6.45) is 0. The predicted octanol–water partition coefficient (Wildman–Crippen LogP) is 4.01. The van der Waals surface area contributed by atoms with Crippen molar-refractivity contribution in [3.05, 3.63) is 66.2 Å². The maximum absolute atomic E-state index is 13.1. The highest BCUT2D eigenvalue weighted by Crippen LogP contribution is 2.29. The molecule has 1 N–H and O–H groups in total. The third-order valence-corrected chi connectivity index (χ3v) is 5.76. The number of hydrogen-bond acceptors (Lipinski definition) is 4. The zero-order valence-corrected chi connectivity index (χ0v) is 16.8. The fourth-order valence-corrected chi connectivity index (χ4v) is 3.95. The van der Waals surface area contributed by atoms with E-state index in [2.05, 4.69) is 11.0 Å². The van der Waals surface area contributed by atoms with E-state index in [1.807, 2.05) is 60.4 Å². The average Bonchev–Trinajstić information content (AvgIpc) is 2.78. The number of rotatable bonds is 4. The molecule has 3 aromatic carbocycles. The number of para-hydroxylation sites is 2. The number of nitrogens with zero attached hydrogens (tertiary/aromatic N) is 2. The van der Waals surface area contributed by atoms with Crippen molar-refractivity contribution in [3.8, 4) is 11.5 Å². The lowest BCUT2D eigenvalue weighted by atomic mass is 9.96. The number of carbonyl (C=O) groups is 1. The molecule has 0 aromatic heterocycles. The van der Waals surface area contributed by atoms with Gasteiger partial charge in [-0.15, -0.1) is 0 Å². The highest BCUT2D eigenvalue weighted by atomic mass is 16.5. The Morgan fingerprint density at radius 2 is 1.66 bits per heavy atom. The van der Waals surface area contributed by atoms with Crippen molar-refractivity contribution in [2.75, 3.05) is 38.2 Å². The van der Waals surface area contributed by atoms with E-state index in [0.29, 0.717) is 26.2 Å². The number of hydrogen-bond donors (Lipinski definition) is 1. The molecule has 29 heavy (non-hydrogen) atoms. The van der Waals surface area contributed by atoms with Gasteiger partial charge >= 0.3 is 0 Å². The summed E-state index contributed by atoms with van der Waals surface area (Å²) < 4.78 is 5.29. The van der Waals surface area contributed by atoms with Gasteiger partial charge in [-0.3, -0.25) is 4.79 Å². The lowest BCUT2D eigenvalue weighted by Crippen LogP contribution is -2.49. The molecule has 4 rings (SSSR count). The molecule has 0 aliphatic carbocycles. The summed E-state index contributed by atoms with van der Waals surface area (Å²) in [6.45, 7) is 4.72. The lowest BCUT2D eigenvalue weighted by molar-refractivity contribution is -0.132. The lowest BCUT2D eigenvalue weighted by Gasteiger charge is -2.37. The van der Waals surface area contributed by atoms with Crippen LogP contribution < -0.4 is 9.64 Å². The number of aromatic hydroxyl groups is 1. The molecule has 1 aliphatic heterocycles. The number of amides is 1. The van der Waals surface area contributed by atoms with Crippen LogP contribution in [-0.4, -0.2) is 49.2 Å². The minimum atomic E-state index is -0.196. The Morgan fingerprint density at radius 3 is 2.38 bits per heavy atom. The van der Waals surface area contributed by atoms with Crippen molar-refractivity contribution in [2.24, 2.45) is 0 Å². The van der Waals surface area contributed by atoms with E-state index in [0.717, 1.165) is 27.8 Å². The molecule has 1 saturated heterocycles. The molecule has 1 heterocycles. The smallest absolute Gasteiger partial charge is 0.229 e. The van der Waals surface area contributed by atoms with E-state index >= 15 is 0 Å². The molecular weight excluding hydrogens is 364 g/mol. The zero-order valence-electron chi connectivity index (χ0n) is 16.8. The van der Waals surface area contributed by atoms with Crippen LogP contribution in [-0.2, 0) is 4.79 Å². The molecule has 1 fully saturated rings. The second-order valence-corrected chi connectivity index (χ2v) is 7.50. The number of ether oxygens (including phenoxy) is 1. The molecule has 5 nitrogen and oxygen atoms in total. The highest BCUT2D eigenvalue weighted by molar-refractivity contribution is 5.88. The van der Waals surface area contributed by atoms with Gasteiger partial charge in [-0.05, 0) is 47.5 Å². The van der Waals surface area contributed by atoms with Crippen molar-refractivity contribution in [1.29, 1.82) is 0 Å². The third kappa shape index (κ3) is 3.86. The van der Waals surface area contributed by atoms with E-state index in [1.54, 1.807) is 13.2 Å². The van der Waals surface area contributed by atoms with Gasteiger partial charge in [0, 0.05) is 26.2 Å². The largest absolute Gasteiger partial charge is 0.506 e. The first-order valence-corrected chi connectivity index (χ1v) is 9.96. The van der Waals surface area contributed by atoms with Gasteiger partial charge in [-0.25, -0.2) is 0 Å². The van der Waals surface area contributed by atoms with E-state index in [4.69, 9.17) is 4.74 Å². The summed E-state index contributed by atoms with van der Waals surface area (Å²) in [4.78, 5) is 17.1. The summed E-state index contributed by atoms with van der Waals surface area (Å²) in [5.74, 6) is 1.07. The van der Waals surface area contributed by atoms with Gasteiger partial charge in [-0.2, -0.15) is 0 Å². The number of methoxy groups -OCH3 is 1. The van der Waals surface area contributed by atoms with Crippen LogP contribution in [0.2, 0.25) is 0 Å². The number of piperazine rings is 1. The van der Waals surface area contributed by atoms with E-state index in [9.17, 15) is 9.90 Å². The molecule has 1 atom stereocenters. The molecule has 0 unspecified atom stereocenters. The maximum atomic E-state index is 13.1. The van der Waals surface area contributed by atoms with Gasteiger partial charge in [0.15, 0.2) is 0 Å². The summed E-state index contributed by atoms with van der Waals surface area (Å²) in [7, 11) is 1.66. The first-order valence-electron chi connectivity index (χ1n) is 9.96. The number of carbonyl (C=O) groups excluding carboxylic acids is 1. The Kier molecular flexibility index (Phi) is 5.30. The van der Waals surface area contributed by atoms with Crippen LogP contribution in [0.1, 0.15) is 18.4 Å². The van der Waals surface area contributed by atoms with Crippen molar-refractivity contribution in [3.63, 3.8) is 0 Å². The Hall–Kier alpha value is -3.21. The van der Waals surface area contributed by atoms with Crippen LogP contribution in [0, 0.1) is 0 Å². The van der Waals surface area contributed by atoms with Gasteiger partial charge < -0.3 is 19.6 Å². The minimum Gasteiger partial charge on any atom is -0.506 e. The molecule has 1 aliphatic rings. The van der Waals surface area contributed by atoms with Crippen LogP contribution >= 0.6 is 0 Å². The molecule has 1 amide bonds. The van der Waals surface area contributed by atoms with E-state index in [1.165, 1.54) is 0 Å². The third-order valence-electron chi connectivity index (χ3n) is 5.76. The highest BCUT2D eigenvalue weighted by Gasteiger charge is 2.26. The normalized spacial score (nSPS) is 15.4. The monoisotopic (exact) mass is 390 g/mol. The first kappa shape index (κ1) is 19.1. The quantitative estimate of drug-likeness (QED) is 0.731. The van der Waals surface area contributed by atoms with Crippen LogP contribution in [0.4, 0.5) is 5.69 Å². The number of fused-ring (bicyclic) bond motifs is 1.